The average Bonchev–Trinajstić information content (AvgIpc) is 3.24. The van der Waals surface area contributed by atoms with Crippen LogP contribution in [0.3, 0.4) is 0 Å². The molecule has 0 aliphatic carbocycles. The van der Waals surface area contributed by atoms with Crippen LogP contribution in [0.2, 0.25) is 0 Å². The molecule has 35 heavy (non-hydrogen) atoms. The molecule has 0 fully saturated rings. The predicted octanol–water partition coefficient (Wildman–Crippen LogP) is 4.40. The van der Waals surface area contributed by atoms with Crippen LogP contribution in [0.1, 0.15) is 33.0 Å². The van der Waals surface area contributed by atoms with Crippen LogP contribution < -0.4 is 14.5 Å². The number of amides is 1. The molecule has 4 rings (SSSR count). The second-order valence-electron chi connectivity index (χ2n) is 8.16. The summed E-state index contributed by atoms with van der Waals surface area (Å²) in [5.41, 5.74) is 5.64. The molecule has 2 heterocycles. The first-order chi connectivity index (χ1) is 17.1. The number of allylic oxidation sites excluding steroid dienone is 4. The second-order valence-corrected chi connectivity index (χ2v) is 8.16. The fourth-order valence-electron chi connectivity index (χ4n) is 3.95. The molecule has 0 saturated carbocycles. The van der Waals surface area contributed by atoms with E-state index in [1.807, 2.05) is 94.7 Å². The molecule has 0 saturated heterocycles. The Balaban J connectivity index is 1.74. The first kappa shape index (κ1) is 23.6. The second kappa shape index (κ2) is 11.1. The van der Waals surface area contributed by atoms with E-state index < -0.39 is 0 Å². The molecular formula is C30H30N4O+2. The number of nitrogens with one attached hydrogen (secondary N) is 1. The van der Waals surface area contributed by atoms with Crippen molar-refractivity contribution in [2.75, 3.05) is 7.05 Å². The molecule has 0 spiro atoms. The lowest BCUT2D eigenvalue weighted by atomic mass is 10.2. The van der Waals surface area contributed by atoms with Crippen molar-refractivity contribution in [3.05, 3.63) is 126 Å². The number of aryl methyl sites for hydroxylation is 2. The highest BCUT2D eigenvalue weighted by Gasteiger charge is 2.29. The van der Waals surface area contributed by atoms with Gasteiger partial charge in [-0.15, -0.1) is 0 Å². The van der Waals surface area contributed by atoms with Crippen LogP contribution in [-0.4, -0.2) is 17.4 Å². The van der Waals surface area contributed by atoms with Crippen molar-refractivity contribution in [1.29, 1.82) is 0 Å². The van der Waals surface area contributed by atoms with Crippen LogP contribution in [-0.2, 0) is 14.1 Å². The van der Waals surface area contributed by atoms with Gasteiger partial charge >= 0.3 is 5.65 Å². The summed E-state index contributed by atoms with van der Waals surface area (Å²) in [5.74, 6) is -0.130. The van der Waals surface area contributed by atoms with Crippen molar-refractivity contribution >= 4 is 35.9 Å². The van der Waals surface area contributed by atoms with Crippen molar-refractivity contribution in [1.82, 2.24) is 9.72 Å². The number of fused-ring (bicyclic) bond motifs is 1. The maximum atomic E-state index is 12.7. The van der Waals surface area contributed by atoms with Gasteiger partial charge in [0, 0.05) is 13.1 Å². The summed E-state index contributed by atoms with van der Waals surface area (Å²) in [5, 5.41) is 2.76. The van der Waals surface area contributed by atoms with Gasteiger partial charge in [-0.3, -0.25) is 4.79 Å². The van der Waals surface area contributed by atoms with E-state index in [4.69, 9.17) is 0 Å². The summed E-state index contributed by atoms with van der Waals surface area (Å²) in [6.45, 7) is 0. The Labute approximate surface area is 206 Å². The van der Waals surface area contributed by atoms with E-state index in [1.54, 1.807) is 7.05 Å². The van der Waals surface area contributed by atoms with Crippen molar-refractivity contribution in [3.63, 3.8) is 0 Å². The van der Waals surface area contributed by atoms with E-state index in [0.29, 0.717) is 5.69 Å². The molecular weight excluding hydrogens is 432 g/mol. The molecule has 1 amide bonds. The summed E-state index contributed by atoms with van der Waals surface area (Å²) in [6, 6.07) is 22.5. The van der Waals surface area contributed by atoms with Crippen molar-refractivity contribution in [2.24, 2.45) is 14.1 Å². The third kappa shape index (κ3) is 5.53. The zero-order valence-electron chi connectivity index (χ0n) is 20.3. The Morgan fingerprint density at radius 1 is 0.800 bits per heavy atom. The number of hydrogen-bond donors (Lipinski definition) is 1. The quantitative estimate of drug-likeness (QED) is 0.321. The van der Waals surface area contributed by atoms with Gasteiger partial charge in [0.05, 0.1) is 14.1 Å². The molecule has 2 aromatic carbocycles. The summed E-state index contributed by atoms with van der Waals surface area (Å²) in [6.07, 6.45) is 18.3. The highest BCUT2D eigenvalue weighted by Crippen LogP contribution is 2.13. The average molecular weight is 463 g/mol. The summed E-state index contributed by atoms with van der Waals surface area (Å²) < 4.78 is 5.93. The minimum Gasteiger partial charge on any atom is -0.352 e. The van der Waals surface area contributed by atoms with Gasteiger partial charge in [0.1, 0.15) is 11.4 Å². The van der Waals surface area contributed by atoms with Gasteiger partial charge in [-0.05, 0) is 23.3 Å². The third-order valence-corrected chi connectivity index (χ3v) is 5.74. The molecule has 4 aromatic rings. The molecule has 0 bridgehead atoms. The smallest absolute Gasteiger partial charge is 0.343 e. The Bertz CT molecular complexity index is 1440. The normalized spacial score (nSPS) is 12.1. The number of imidazole rings is 1. The van der Waals surface area contributed by atoms with Crippen molar-refractivity contribution in [2.45, 2.75) is 0 Å². The van der Waals surface area contributed by atoms with Gasteiger partial charge in [0.2, 0.25) is 0 Å². The van der Waals surface area contributed by atoms with E-state index in [1.165, 1.54) is 0 Å². The summed E-state index contributed by atoms with van der Waals surface area (Å²) in [7, 11) is 5.52. The van der Waals surface area contributed by atoms with Gasteiger partial charge in [-0.25, -0.2) is 9.13 Å². The third-order valence-electron chi connectivity index (χ3n) is 5.74. The van der Waals surface area contributed by atoms with Gasteiger partial charge in [-0.2, -0.15) is 4.40 Å². The summed E-state index contributed by atoms with van der Waals surface area (Å²) >= 11 is 0. The van der Waals surface area contributed by atoms with Crippen LogP contribution >= 0.6 is 0 Å². The fourth-order valence-corrected chi connectivity index (χ4v) is 3.95. The molecule has 0 aliphatic rings. The fraction of sp³-hybridized carbons (Fsp3) is 0.100. The van der Waals surface area contributed by atoms with Gasteiger partial charge < -0.3 is 5.32 Å². The van der Waals surface area contributed by atoms with Crippen LogP contribution in [0.25, 0.3) is 30.0 Å². The monoisotopic (exact) mass is 462 g/mol. The number of hydrogen-bond acceptors (Lipinski definition) is 1. The Kier molecular flexibility index (Phi) is 7.48. The van der Waals surface area contributed by atoms with Crippen molar-refractivity contribution in [3.8, 4) is 0 Å². The van der Waals surface area contributed by atoms with E-state index in [9.17, 15) is 4.79 Å². The number of nitrogens with zero attached hydrogens (tertiary/aromatic N) is 3. The van der Waals surface area contributed by atoms with E-state index in [0.717, 1.165) is 28.2 Å². The minimum atomic E-state index is -0.130. The van der Waals surface area contributed by atoms with Crippen LogP contribution in [0.4, 0.5) is 0 Å². The zero-order chi connectivity index (χ0) is 24.6. The number of carbonyl (C=O) groups excluding carboxylic acids is 1. The molecule has 0 unspecified atom stereocenters. The standard InChI is InChI=1S/C30H29N4O/c1-31-29(35)28-30-33(3)26(20-12-10-18-24-14-6-4-7-15-24)22-27(34(30)23-32(28)2)21-13-11-19-25-16-8-5-9-17-25/h4-23H,1-3H3/q+1/p+1/b18-10+,19-11+,20-12+,21-13+. The molecule has 5 heteroatoms. The molecule has 0 aliphatic heterocycles. The Morgan fingerprint density at radius 2 is 1.34 bits per heavy atom. The van der Waals surface area contributed by atoms with Gasteiger partial charge in [-0.1, -0.05) is 97.1 Å². The Hall–Kier alpha value is -4.51. The molecule has 1 N–H and O–H groups in total. The molecule has 2 aromatic heterocycles. The van der Waals surface area contributed by atoms with E-state index >= 15 is 0 Å². The lowest BCUT2D eigenvalue weighted by Crippen LogP contribution is -2.41. The van der Waals surface area contributed by atoms with Crippen LogP contribution in [0.15, 0.2) is 97.4 Å². The van der Waals surface area contributed by atoms with Gasteiger partial charge in [0.25, 0.3) is 17.9 Å². The molecule has 174 valence electrons. The van der Waals surface area contributed by atoms with Crippen LogP contribution in [0.5, 0.6) is 0 Å². The largest absolute Gasteiger partial charge is 0.352 e. The number of carbonyl (C=O) groups is 1. The highest BCUT2D eigenvalue weighted by atomic mass is 16.1. The summed E-state index contributed by atoms with van der Waals surface area (Å²) in [4.78, 5) is 12.7. The SMILES string of the molecule is CNC(=O)c1c2n(c[n+]1C)c(/C=C/C=C/c1ccccc1)cc(/C=C/C=C/c1ccccc1)[n+]2C. The molecule has 5 nitrogen and oxygen atoms in total. The maximum absolute atomic E-state index is 12.7. The van der Waals surface area contributed by atoms with E-state index in [-0.39, 0.29) is 5.91 Å². The number of rotatable bonds is 7. The number of benzene rings is 2. The first-order valence-electron chi connectivity index (χ1n) is 11.5. The molecule has 0 atom stereocenters. The minimum absolute atomic E-state index is 0.130. The lowest BCUT2D eigenvalue weighted by molar-refractivity contribution is -0.680. The maximum Gasteiger partial charge on any atom is 0.343 e. The molecule has 0 radical (unpaired) electrons. The first-order valence-corrected chi connectivity index (χ1v) is 11.5. The van der Waals surface area contributed by atoms with E-state index in [2.05, 4.69) is 60.0 Å². The predicted molar refractivity (Wildman–Crippen MR) is 142 cm³/mol. The van der Waals surface area contributed by atoms with Gasteiger partial charge in [0.15, 0.2) is 0 Å². The lowest BCUT2D eigenvalue weighted by Gasteiger charge is -2.03. The topological polar surface area (TPSA) is 41.3 Å². The van der Waals surface area contributed by atoms with Crippen molar-refractivity contribution < 1.29 is 13.9 Å². The zero-order valence-corrected chi connectivity index (χ0v) is 20.3. The highest BCUT2D eigenvalue weighted by molar-refractivity contribution is 5.95. The number of aromatic nitrogens is 3. The van der Waals surface area contributed by atoms with Crippen LogP contribution in [0, 0.1) is 0 Å². The Morgan fingerprint density at radius 3 is 1.91 bits per heavy atom.